The van der Waals surface area contributed by atoms with Gasteiger partial charge in [-0.25, -0.2) is 9.18 Å². The molecule has 1 aromatic carbocycles. The molecule has 0 bridgehead atoms. The number of halogens is 1. The van der Waals surface area contributed by atoms with E-state index >= 15 is 0 Å². The average Bonchev–Trinajstić information content (AvgIpc) is 2.60. The molecule has 2 atom stereocenters. The molecule has 1 unspecified atom stereocenters. The Morgan fingerprint density at radius 1 is 1.20 bits per heavy atom. The first kappa shape index (κ1) is 24.1. The maximum atomic E-state index is 13.3. The Kier molecular flexibility index (Phi) is 6.86. The monoisotopic (exact) mass is 422 g/mol. The lowest BCUT2D eigenvalue weighted by molar-refractivity contribution is -0.155. The van der Waals surface area contributed by atoms with Crippen molar-refractivity contribution in [3.05, 3.63) is 35.6 Å². The molecule has 168 valence electrons. The predicted molar refractivity (Wildman–Crippen MR) is 113 cm³/mol. The number of hydrogen-bond donors (Lipinski definition) is 2. The fourth-order valence-electron chi connectivity index (χ4n) is 3.92. The SMILES string of the molecule is CC(C)[C@@H](NC(=O)OC(C)(C)C)C(=O)N1CCC(O)(c2ccc(F)cc2)C(C)(C)C1. The number of piperidine rings is 1. The van der Waals surface area contributed by atoms with Gasteiger partial charge in [0.2, 0.25) is 5.91 Å². The Morgan fingerprint density at radius 2 is 1.77 bits per heavy atom. The average molecular weight is 423 g/mol. The molecule has 1 fully saturated rings. The Bertz CT molecular complexity index is 770. The molecule has 6 nitrogen and oxygen atoms in total. The first-order valence-electron chi connectivity index (χ1n) is 10.4. The normalized spacial score (nSPS) is 22.5. The summed E-state index contributed by atoms with van der Waals surface area (Å²) in [5, 5.41) is 14.1. The van der Waals surface area contributed by atoms with Crippen LogP contribution in [0.4, 0.5) is 9.18 Å². The second kappa shape index (κ2) is 8.53. The fraction of sp³-hybridized carbons (Fsp3) is 0.652. The molecule has 1 aromatic rings. The Hall–Kier alpha value is -2.15. The van der Waals surface area contributed by atoms with Gasteiger partial charge >= 0.3 is 6.09 Å². The number of ether oxygens (including phenoxy) is 1. The van der Waals surface area contributed by atoms with Crippen LogP contribution in [0.3, 0.4) is 0 Å². The van der Waals surface area contributed by atoms with Crippen molar-refractivity contribution in [3.8, 4) is 0 Å². The van der Waals surface area contributed by atoms with Crippen LogP contribution in [0.2, 0.25) is 0 Å². The van der Waals surface area contributed by atoms with Crippen LogP contribution < -0.4 is 5.32 Å². The van der Waals surface area contributed by atoms with E-state index < -0.39 is 28.8 Å². The molecule has 7 heteroatoms. The van der Waals surface area contributed by atoms with Crippen LogP contribution in [0.1, 0.15) is 60.5 Å². The molecule has 0 radical (unpaired) electrons. The minimum Gasteiger partial charge on any atom is -0.444 e. The molecule has 0 aromatic heterocycles. The molecule has 0 saturated carbocycles. The van der Waals surface area contributed by atoms with E-state index in [0.717, 1.165) is 0 Å². The van der Waals surface area contributed by atoms with Crippen LogP contribution >= 0.6 is 0 Å². The standard InChI is InChI=1S/C23H35FN2O4/c1-15(2)18(25-20(28)30-21(3,4)5)19(27)26-13-12-23(29,22(6,7)14-26)16-8-10-17(24)11-9-16/h8-11,15,18,29H,12-14H2,1-7H3,(H,25,28)/t18-,23?/m1/s1. The zero-order valence-electron chi connectivity index (χ0n) is 19.1. The predicted octanol–water partition coefficient (Wildman–Crippen LogP) is 3.82. The molecule has 30 heavy (non-hydrogen) atoms. The van der Waals surface area contributed by atoms with E-state index in [2.05, 4.69) is 5.32 Å². The minimum atomic E-state index is -1.19. The summed E-state index contributed by atoms with van der Waals surface area (Å²) in [4.78, 5) is 27.2. The maximum Gasteiger partial charge on any atom is 0.408 e. The second-order valence-electron chi connectivity index (χ2n) is 10.1. The molecule has 1 aliphatic rings. The van der Waals surface area contributed by atoms with E-state index in [-0.39, 0.29) is 17.6 Å². The van der Waals surface area contributed by atoms with Crippen molar-refractivity contribution in [2.24, 2.45) is 11.3 Å². The van der Waals surface area contributed by atoms with Gasteiger partial charge in [0.1, 0.15) is 17.5 Å². The summed E-state index contributed by atoms with van der Waals surface area (Å²) in [7, 11) is 0. The maximum absolute atomic E-state index is 13.3. The Labute approximate surface area is 178 Å². The third-order valence-electron chi connectivity index (χ3n) is 5.69. The third-order valence-corrected chi connectivity index (χ3v) is 5.69. The van der Waals surface area contributed by atoms with Gasteiger partial charge in [0, 0.05) is 18.5 Å². The molecule has 0 spiro atoms. The molecule has 2 N–H and O–H groups in total. The molecule has 0 aliphatic carbocycles. The number of nitrogens with one attached hydrogen (secondary N) is 1. The number of rotatable bonds is 4. The van der Waals surface area contributed by atoms with Crippen molar-refractivity contribution in [2.45, 2.75) is 72.1 Å². The molecule has 1 aliphatic heterocycles. The van der Waals surface area contributed by atoms with Crippen molar-refractivity contribution in [2.75, 3.05) is 13.1 Å². The van der Waals surface area contributed by atoms with Crippen molar-refractivity contribution in [3.63, 3.8) is 0 Å². The van der Waals surface area contributed by atoms with Crippen molar-refractivity contribution in [1.82, 2.24) is 10.2 Å². The largest absolute Gasteiger partial charge is 0.444 e. The molecular formula is C23H35FN2O4. The number of nitrogens with zero attached hydrogens (tertiary/aromatic N) is 1. The summed E-state index contributed by atoms with van der Waals surface area (Å²) in [6.07, 6.45) is -0.317. The van der Waals surface area contributed by atoms with Crippen molar-refractivity contribution in [1.29, 1.82) is 0 Å². The lowest BCUT2D eigenvalue weighted by Gasteiger charge is -2.51. The van der Waals surface area contributed by atoms with Crippen LogP contribution in [0.25, 0.3) is 0 Å². The zero-order chi connectivity index (χ0) is 22.9. The fourth-order valence-corrected chi connectivity index (χ4v) is 3.92. The van der Waals surface area contributed by atoms with Gasteiger partial charge in [-0.05, 0) is 50.8 Å². The summed E-state index contributed by atoms with van der Waals surface area (Å²) in [6, 6.07) is 5.12. The molecule has 2 rings (SSSR count). The van der Waals surface area contributed by atoms with E-state index in [0.29, 0.717) is 25.1 Å². The van der Waals surface area contributed by atoms with Gasteiger partial charge in [0.25, 0.3) is 0 Å². The number of hydrogen-bond acceptors (Lipinski definition) is 4. The van der Waals surface area contributed by atoms with Gasteiger partial charge in [-0.15, -0.1) is 0 Å². The third kappa shape index (κ3) is 5.31. The number of likely N-dealkylation sites (tertiary alicyclic amines) is 1. The quantitative estimate of drug-likeness (QED) is 0.773. The highest BCUT2D eigenvalue weighted by molar-refractivity contribution is 5.86. The van der Waals surface area contributed by atoms with E-state index in [4.69, 9.17) is 4.74 Å². The zero-order valence-corrected chi connectivity index (χ0v) is 19.1. The van der Waals surface area contributed by atoms with Crippen molar-refractivity contribution < 1.29 is 23.8 Å². The van der Waals surface area contributed by atoms with E-state index in [1.54, 1.807) is 37.8 Å². The summed E-state index contributed by atoms with van der Waals surface area (Å²) < 4.78 is 18.6. The first-order chi connectivity index (χ1) is 13.7. The summed E-state index contributed by atoms with van der Waals surface area (Å²) in [6.45, 7) is 13.4. The van der Waals surface area contributed by atoms with Gasteiger partial charge in [0.15, 0.2) is 0 Å². The van der Waals surface area contributed by atoms with Gasteiger partial charge in [-0.3, -0.25) is 4.79 Å². The van der Waals surface area contributed by atoms with Gasteiger partial charge in [-0.1, -0.05) is 39.8 Å². The first-order valence-corrected chi connectivity index (χ1v) is 10.4. The smallest absolute Gasteiger partial charge is 0.408 e. The van der Waals surface area contributed by atoms with E-state index in [1.807, 2.05) is 27.7 Å². The van der Waals surface area contributed by atoms with Crippen LogP contribution in [-0.4, -0.2) is 46.7 Å². The van der Waals surface area contributed by atoms with Crippen LogP contribution in [-0.2, 0) is 15.1 Å². The summed E-state index contributed by atoms with van der Waals surface area (Å²) in [5.41, 5.74) is -1.89. The van der Waals surface area contributed by atoms with E-state index in [9.17, 15) is 19.1 Å². The number of alkyl carbamates (subject to hydrolysis) is 1. The summed E-state index contributed by atoms with van der Waals surface area (Å²) in [5.74, 6) is -0.697. The van der Waals surface area contributed by atoms with Gasteiger partial charge in [0.05, 0.1) is 5.60 Å². The van der Waals surface area contributed by atoms with Crippen LogP contribution in [0, 0.1) is 17.2 Å². The second-order valence-corrected chi connectivity index (χ2v) is 10.1. The van der Waals surface area contributed by atoms with Crippen LogP contribution in [0.5, 0.6) is 0 Å². The van der Waals surface area contributed by atoms with E-state index in [1.165, 1.54) is 12.1 Å². The molecule has 2 amide bonds. The van der Waals surface area contributed by atoms with Gasteiger partial charge < -0.3 is 20.1 Å². The van der Waals surface area contributed by atoms with Crippen molar-refractivity contribution >= 4 is 12.0 Å². The molecule has 1 saturated heterocycles. The van der Waals surface area contributed by atoms with Crippen LogP contribution in [0.15, 0.2) is 24.3 Å². The van der Waals surface area contributed by atoms with Gasteiger partial charge in [-0.2, -0.15) is 0 Å². The minimum absolute atomic E-state index is 0.133. The molecular weight excluding hydrogens is 387 g/mol. The summed E-state index contributed by atoms with van der Waals surface area (Å²) >= 11 is 0. The number of benzene rings is 1. The number of aliphatic hydroxyl groups is 1. The molecule has 1 heterocycles. The lowest BCUT2D eigenvalue weighted by Crippen LogP contribution is -2.60. The Morgan fingerprint density at radius 3 is 2.23 bits per heavy atom. The number of carbonyl (C=O) groups is 2. The number of amides is 2. The number of carbonyl (C=O) groups excluding carboxylic acids is 2. The highest BCUT2D eigenvalue weighted by atomic mass is 19.1. The lowest BCUT2D eigenvalue weighted by atomic mass is 9.66. The Balaban J connectivity index is 2.17. The highest BCUT2D eigenvalue weighted by Crippen LogP contribution is 2.46. The topological polar surface area (TPSA) is 78.9 Å². The highest BCUT2D eigenvalue weighted by Gasteiger charge is 2.50.